The summed E-state index contributed by atoms with van der Waals surface area (Å²) in [7, 11) is 1.92. The first-order valence-corrected chi connectivity index (χ1v) is 10.8. The third-order valence-electron chi connectivity index (χ3n) is 5.37. The van der Waals surface area contributed by atoms with Gasteiger partial charge in [0.05, 0.1) is 16.2 Å². The summed E-state index contributed by atoms with van der Waals surface area (Å²) in [5, 5.41) is 1.00. The van der Waals surface area contributed by atoms with Crippen molar-refractivity contribution in [3.05, 3.63) is 34.6 Å². The Kier molecular flexibility index (Phi) is 6.58. The Hall–Kier alpha value is -1.82. The summed E-state index contributed by atoms with van der Waals surface area (Å²) >= 11 is 1.40. The van der Waals surface area contributed by atoms with Gasteiger partial charge in [-0.1, -0.05) is 50.1 Å². The highest BCUT2D eigenvalue weighted by Crippen LogP contribution is 2.27. The van der Waals surface area contributed by atoms with Crippen LogP contribution in [-0.2, 0) is 11.3 Å². The van der Waals surface area contributed by atoms with Crippen LogP contribution >= 0.6 is 11.8 Å². The van der Waals surface area contributed by atoms with Gasteiger partial charge in [0.15, 0.2) is 5.16 Å². The smallest absolute Gasteiger partial charge is 0.262 e. The molecule has 27 heavy (non-hydrogen) atoms. The molecule has 2 aromatic rings. The first kappa shape index (κ1) is 19.9. The predicted molar refractivity (Wildman–Crippen MR) is 111 cm³/mol. The van der Waals surface area contributed by atoms with Crippen LogP contribution < -0.4 is 5.56 Å². The molecular weight excluding hydrogens is 358 g/mol. The van der Waals surface area contributed by atoms with Crippen LogP contribution in [0.2, 0.25) is 0 Å². The Labute approximate surface area is 165 Å². The van der Waals surface area contributed by atoms with Crippen LogP contribution in [0.1, 0.15) is 52.4 Å². The fraction of sp³-hybridized carbons (Fsp3) is 0.571. The van der Waals surface area contributed by atoms with Gasteiger partial charge >= 0.3 is 0 Å². The summed E-state index contributed by atoms with van der Waals surface area (Å²) in [6.45, 7) is 4.57. The Balaban J connectivity index is 1.85. The van der Waals surface area contributed by atoms with Gasteiger partial charge in [-0.05, 0) is 38.3 Å². The molecule has 1 aromatic heterocycles. The summed E-state index contributed by atoms with van der Waals surface area (Å²) < 4.78 is 1.72. The Morgan fingerprint density at radius 2 is 2.00 bits per heavy atom. The molecule has 146 valence electrons. The normalized spacial score (nSPS) is 16.4. The molecule has 0 saturated heterocycles. The second-order valence-electron chi connectivity index (χ2n) is 7.37. The van der Waals surface area contributed by atoms with Gasteiger partial charge in [-0.3, -0.25) is 14.2 Å². The topological polar surface area (TPSA) is 55.2 Å². The molecule has 0 N–H and O–H groups in total. The van der Waals surface area contributed by atoms with E-state index in [2.05, 4.69) is 0 Å². The number of para-hydroxylation sites is 1. The lowest BCUT2D eigenvalue weighted by atomic mass is 9.94. The molecular formula is C21H29N3O2S. The van der Waals surface area contributed by atoms with Crippen molar-refractivity contribution < 1.29 is 4.79 Å². The van der Waals surface area contributed by atoms with Crippen molar-refractivity contribution in [2.75, 3.05) is 7.05 Å². The van der Waals surface area contributed by atoms with E-state index in [9.17, 15) is 9.59 Å². The van der Waals surface area contributed by atoms with E-state index in [1.807, 2.05) is 50.1 Å². The van der Waals surface area contributed by atoms with E-state index in [0.29, 0.717) is 28.6 Å². The lowest BCUT2D eigenvalue weighted by Crippen LogP contribution is -2.42. The average molecular weight is 388 g/mol. The van der Waals surface area contributed by atoms with Gasteiger partial charge < -0.3 is 4.90 Å². The summed E-state index contributed by atoms with van der Waals surface area (Å²) in [6, 6.07) is 7.77. The number of amides is 1. The second kappa shape index (κ2) is 8.91. The van der Waals surface area contributed by atoms with Crippen molar-refractivity contribution in [2.24, 2.45) is 0 Å². The van der Waals surface area contributed by atoms with Gasteiger partial charge in [0.1, 0.15) is 0 Å². The predicted octanol–water partition coefficient (Wildman–Crippen LogP) is 4.08. The number of hydrogen-bond acceptors (Lipinski definition) is 4. The maximum absolute atomic E-state index is 13.0. The van der Waals surface area contributed by atoms with Gasteiger partial charge in [0.25, 0.3) is 5.56 Å². The van der Waals surface area contributed by atoms with Crippen molar-refractivity contribution in [3.8, 4) is 0 Å². The fourth-order valence-electron chi connectivity index (χ4n) is 3.80. The van der Waals surface area contributed by atoms with Crippen molar-refractivity contribution in [1.82, 2.24) is 14.5 Å². The van der Waals surface area contributed by atoms with Crippen molar-refractivity contribution in [1.29, 1.82) is 0 Å². The lowest BCUT2D eigenvalue weighted by molar-refractivity contribution is -0.131. The quantitative estimate of drug-likeness (QED) is 0.554. The molecule has 1 aliphatic rings. The fourth-order valence-corrected chi connectivity index (χ4v) is 4.84. The molecule has 0 radical (unpaired) electrons. The average Bonchev–Trinajstić information content (AvgIpc) is 2.70. The molecule has 1 aromatic carbocycles. The number of nitrogens with zero attached hydrogens (tertiary/aromatic N) is 3. The molecule has 0 aliphatic heterocycles. The molecule has 0 spiro atoms. The van der Waals surface area contributed by atoms with E-state index in [1.165, 1.54) is 31.0 Å². The van der Waals surface area contributed by atoms with Crippen molar-refractivity contribution in [2.45, 2.75) is 75.4 Å². The number of hydrogen-bond donors (Lipinski definition) is 0. The highest BCUT2D eigenvalue weighted by molar-refractivity contribution is 8.00. The summed E-state index contributed by atoms with van der Waals surface area (Å²) in [4.78, 5) is 32.5. The Morgan fingerprint density at radius 1 is 1.30 bits per heavy atom. The number of aromatic nitrogens is 2. The Morgan fingerprint density at radius 3 is 2.70 bits per heavy atom. The minimum Gasteiger partial charge on any atom is -0.342 e. The van der Waals surface area contributed by atoms with Gasteiger partial charge in [0.2, 0.25) is 5.91 Å². The van der Waals surface area contributed by atoms with Gasteiger partial charge in [-0.15, -0.1) is 0 Å². The lowest BCUT2D eigenvalue weighted by Gasteiger charge is -2.32. The molecule has 1 saturated carbocycles. The standard InChI is InChI=1S/C21H29N3O2S/c1-4-14-24-20(26)17-12-8-9-13-18(17)22-21(24)27-15(2)19(25)23(3)16-10-6-5-7-11-16/h8-9,12-13,15-16H,4-7,10-11,14H2,1-3H3. The molecule has 0 bridgehead atoms. The Bertz CT molecular complexity index is 858. The van der Waals surface area contributed by atoms with Crippen LogP contribution in [0.25, 0.3) is 10.9 Å². The zero-order valence-electron chi connectivity index (χ0n) is 16.5. The maximum Gasteiger partial charge on any atom is 0.262 e. The minimum absolute atomic E-state index is 0.0229. The number of rotatable bonds is 6. The highest BCUT2D eigenvalue weighted by Gasteiger charge is 2.27. The van der Waals surface area contributed by atoms with E-state index >= 15 is 0 Å². The maximum atomic E-state index is 13.0. The SMILES string of the molecule is CCCn1c(SC(C)C(=O)N(C)C2CCCCC2)nc2ccccc2c1=O. The van der Waals surface area contributed by atoms with Gasteiger partial charge in [0, 0.05) is 19.6 Å². The van der Waals surface area contributed by atoms with E-state index in [-0.39, 0.29) is 16.7 Å². The number of carbonyl (C=O) groups is 1. The first-order valence-electron chi connectivity index (χ1n) is 9.95. The number of carbonyl (C=O) groups excluding carboxylic acids is 1. The number of thioether (sulfide) groups is 1. The third kappa shape index (κ3) is 4.37. The monoisotopic (exact) mass is 387 g/mol. The number of benzene rings is 1. The summed E-state index contributed by atoms with van der Waals surface area (Å²) in [6.07, 6.45) is 6.70. The first-order chi connectivity index (χ1) is 13.0. The number of fused-ring (bicyclic) bond motifs is 1. The largest absolute Gasteiger partial charge is 0.342 e. The molecule has 1 unspecified atom stereocenters. The van der Waals surface area contributed by atoms with E-state index in [1.54, 1.807) is 4.57 Å². The third-order valence-corrected chi connectivity index (χ3v) is 6.45. The summed E-state index contributed by atoms with van der Waals surface area (Å²) in [5.74, 6) is 0.123. The van der Waals surface area contributed by atoms with E-state index in [4.69, 9.17) is 4.98 Å². The molecule has 3 rings (SSSR count). The molecule has 1 aliphatic carbocycles. The summed E-state index contributed by atoms with van der Waals surface area (Å²) in [5.41, 5.74) is 0.669. The molecule has 5 nitrogen and oxygen atoms in total. The van der Waals surface area contributed by atoms with E-state index in [0.717, 1.165) is 19.3 Å². The van der Waals surface area contributed by atoms with Crippen molar-refractivity contribution in [3.63, 3.8) is 0 Å². The zero-order valence-corrected chi connectivity index (χ0v) is 17.3. The van der Waals surface area contributed by atoms with Crippen LogP contribution in [0.3, 0.4) is 0 Å². The molecule has 1 amide bonds. The van der Waals surface area contributed by atoms with E-state index < -0.39 is 0 Å². The van der Waals surface area contributed by atoms with Crippen LogP contribution in [-0.4, -0.2) is 38.7 Å². The van der Waals surface area contributed by atoms with Crippen LogP contribution in [0, 0.1) is 0 Å². The molecule has 1 atom stereocenters. The second-order valence-corrected chi connectivity index (χ2v) is 8.68. The molecule has 1 fully saturated rings. The molecule has 1 heterocycles. The van der Waals surface area contributed by atoms with Crippen LogP contribution in [0.4, 0.5) is 0 Å². The van der Waals surface area contributed by atoms with Crippen LogP contribution in [0.15, 0.2) is 34.2 Å². The zero-order chi connectivity index (χ0) is 19.4. The van der Waals surface area contributed by atoms with Gasteiger partial charge in [-0.25, -0.2) is 4.98 Å². The van der Waals surface area contributed by atoms with Gasteiger partial charge in [-0.2, -0.15) is 0 Å². The minimum atomic E-state index is -0.270. The van der Waals surface area contributed by atoms with Crippen molar-refractivity contribution >= 4 is 28.6 Å². The van der Waals surface area contributed by atoms with Crippen LogP contribution in [0.5, 0.6) is 0 Å². The molecule has 6 heteroatoms. The highest BCUT2D eigenvalue weighted by atomic mass is 32.2.